The number of hydrazone groups is 1. The molecule has 0 aliphatic rings. The van der Waals surface area contributed by atoms with Crippen LogP contribution in [0.5, 0.6) is 5.75 Å². The van der Waals surface area contributed by atoms with E-state index in [-0.39, 0.29) is 12.5 Å². The van der Waals surface area contributed by atoms with Crippen molar-refractivity contribution >= 4 is 28.1 Å². The van der Waals surface area contributed by atoms with E-state index in [4.69, 9.17) is 4.74 Å². The molecule has 6 heteroatoms. The van der Waals surface area contributed by atoms with E-state index in [2.05, 4.69) is 44.9 Å². The number of aromatic nitrogens is 1. The van der Waals surface area contributed by atoms with Gasteiger partial charge in [-0.15, -0.1) is 0 Å². The van der Waals surface area contributed by atoms with Crippen molar-refractivity contribution in [3.8, 4) is 5.75 Å². The molecule has 0 fully saturated rings. The van der Waals surface area contributed by atoms with Gasteiger partial charge in [0.25, 0.3) is 5.91 Å². The van der Waals surface area contributed by atoms with E-state index in [1.165, 1.54) is 5.69 Å². The lowest BCUT2D eigenvalue weighted by Crippen LogP contribution is -2.24. The SMILES string of the molecule is CCn1c(C)cc(/C=N/NC(=O)COc2cccc(Br)c2)c1C. The fourth-order valence-electron chi connectivity index (χ4n) is 2.36. The van der Waals surface area contributed by atoms with Crippen LogP contribution in [-0.4, -0.2) is 23.3 Å². The predicted octanol–water partition coefficient (Wildman–Crippen LogP) is 3.42. The van der Waals surface area contributed by atoms with Crippen LogP contribution in [0.15, 0.2) is 39.9 Å². The third-order valence-corrected chi connectivity index (χ3v) is 3.98. The van der Waals surface area contributed by atoms with E-state index >= 15 is 0 Å². The second kappa shape index (κ2) is 7.97. The highest BCUT2D eigenvalue weighted by molar-refractivity contribution is 9.10. The van der Waals surface area contributed by atoms with Gasteiger partial charge in [0.1, 0.15) is 5.75 Å². The van der Waals surface area contributed by atoms with E-state index in [9.17, 15) is 4.79 Å². The molecule has 1 heterocycles. The van der Waals surface area contributed by atoms with Crippen LogP contribution in [0.2, 0.25) is 0 Å². The first-order valence-electron chi connectivity index (χ1n) is 7.38. The van der Waals surface area contributed by atoms with Gasteiger partial charge in [0.05, 0.1) is 6.21 Å². The van der Waals surface area contributed by atoms with Crippen molar-refractivity contribution in [2.24, 2.45) is 5.10 Å². The summed E-state index contributed by atoms with van der Waals surface area (Å²) in [7, 11) is 0. The third kappa shape index (κ3) is 4.69. The normalized spacial score (nSPS) is 11.0. The highest BCUT2D eigenvalue weighted by Crippen LogP contribution is 2.17. The first-order valence-corrected chi connectivity index (χ1v) is 8.17. The van der Waals surface area contributed by atoms with Crippen LogP contribution in [0.4, 0.5) is 0 Å². The van der Waals surface area contributed by atoms with E-state index in [1.807, 2.05) is 25.1 Å². The summed E-state index contributed by atoms with van der Waals surface area (Å²) >= 11 is 3.35. The molecule has 0 aliphatic heterocycles. The number of hydrogen-bond donors (Lipinski definition) is 1. The molecule has 0 saturated heterocycles. The maximum absolute atomic E-state index is 11.7. The van der Waals surface area contributed by atoms with Crippen LogP contribution in [0.3, 0.4) is 0 Å². The lowest BCUT2D eigenvalue weighted by molar-refractivity contribution is -0.123. The maximum atomic E-state index is 11.7. The number of carbonyl (C=O) groups excluding carboxylic acids is 1. The number of aryl methyl sites for hydroxylation is 1. The average Bonchev–Trinajstić information content (AvgIpc) is 2.79. The first kappa shape index (κ1) is 17.3. The van der Waals surface area contributed by atoms with Crippen LogP contribution in [0.1, 0.15) is 23.9 Å². The molecule has 1 N–H and O–H groups in total. The van der Waals surface area contributed by atoms with Crippen molar-refractivity contribution in [3.63, 3.8) is 0 Å². The Hall–Kier alpha value is -2.08. The number of benzene rings is 1. The van der Waals surface area contributed by atoms with Crippen LogP contribution < -0.4 is 10.2 Å². The number of ether oxygens (including phenoxy) is 1. The van der Waals surface area contributed by atoms with Gasteiger partial charge in [0, 0.05) is 28.0 Å². The molecule has 0 bridgehead atoms. The number of rotatable bonds is 6. The highest BCUT2D eigenvalue weighted by Gasteiger charge is 2.06. The van der Waals surface area contributed by atoms with Gasteiger partial charge >= 0.3 is 0 Å². The Morgan fingerprint density at radius 3 is 2.83 bits per heavy atom. The molecular formula is C17H20BrN3O2. The van der Waals surface area contributed by atoms with Crippen LogP contribution in [-0.2, 0) is 11.3 Å². The van der Waals surface area contributed by atoms with Gasteiger partial charge in [-0.25, -0.2) is 5.43 Å². The summed E-state index contributed by atoms with van der Waals surface area (Å²) in [6, 6.07) is 9.38. The number of nitrogens with zero attached hydrogens (tertiary/aromatic N) is 2. The summed E-state index contributed by atoms with van der Waals surface area (Å²) in [5.74, 6) is 0.329. The van der Waals surface area contributed by atoms with Gasteiger partial charge in [0.15, 0.2) is 6.61 Å². The zero-order valence-electron chi connectivity index (χ0n) is 13.5. The molecule has 0 aliphatic carbocycles. The van der Waals surface area contributed by atoms with Gasteiger partial charge in [-0.3, -0.25) is 4.79 Å². The Balaban J connectivity index is 1.87. The summed E-state index contributed by atoms with van der Waals surface area (Å²) in [4.78, 5) is 11.7. The Labute approximate surface area is 144 Å². The van der Waals surface area contributed by atoms with Crippen LogP contribution >= 0.6 is 15.9 Å². The monoisotopic (exact) mass is 377 g/mol. The molecule has 0 unspecified atom stereocenters. The molecule has 122 valence electrons. The predicted molar refractivity (Wildman–Crippen MR) is 95.0 cm³/mol. The number of carbonyl (C=O) groups is 1. The van der Waals surface area contributed by atoms with Crippen molar-refractivity contribution in [3.05, 3.63) is 51.8 Å². The fourth-order valence-corrected chi connectivity index (χ4v) is 2.74. The maximum Gasteiger partial charge on any atom is 0.277 e. The van der Waals surface area contributed by atoms with E-state index in [1.54, 1.807) is 18.3 Å². The zero-order chi connectivity index (χ0) is 16.8. The molecule has 1 aromatic carbocycles. The van der Waals surface area contributed by atoms with E-state index < -0.39 is 0 Å². The van der Waals surface area contributed by atoms with E-state index in [0.29, 0.717) is 5.75 Å². The fraction of sp³-hybridized carbons (Fsp3) is 0.294. The summed E-state index contributed by atoms with van der Waals surface area (Å²) < 4.78 is 8.49. The zero-order valence-corrected chi connectivity index (χ0v) is 15.1. The molecule has 2 aromatic rings. The Morgan fingerprint density at radius 2 is 2.17 bits per heavy atom. The second-order valence-electron chi connectivity index (χ2n) is 5.11. The number of amides is 1. The molecule has 0 atom stereocenters. The standard InChI is InChI=1S/C17H20BrN3O2/c1-4-21-12(2)8-14(13(21)3)10-19-20-17(22)11-23-16-7-5-6-15(18)9-16/h5-10H,4,11H2,1-3H3,(H,20,22)/b19-10+. The summed E-state index contributed by atoms with van der Waals surface area (Å²) in [6.45, 7) is 7.02. The van der Waals surface area contributed by atoms with Gasteiger partial charge in [-0.2, -0.15) is 5.10 Å². The van der Waals surface area contributed by atoms with Gasteiger partial charge in [0.2, 0.25) is 0 Å². The van der Waals surface area contributed by atoms with Crippen molar-refractivity contribution in [2.75, 3.05) is 6.61 Å². The van der Waals surface area contributed by atoms with Crippen LogP contribution in [0.25, 0.3) is 0 Å². The average molecular weight is 378 g/mol. The van der Waals surface area contributed by atoms with Gasteiger partial charge < -0.3 is 9.30 Å². The van der Waals surface area contributed by atoms with Gasteiger partial charge in [-0.1, -0.05) is 22.0 Å². The van der Waals surface area contributed by atoms with Crippen molar-refractivity contribution < 1.29 is 9.53 Å². The van der Waals surface area contributed by atoms with Crippen LogP contribution in [0, 0.1) is 13.8 Å². The molecule has 0 saturated carbocycles. The molecule has 0 spiro atoms. The quantitative estimate of drug-likeness (QED) is 0.619. The van der Waals surface area contributed by atoms with Crippen molar-refractivity contribution in [1.29, 1.82) is 0 Å². The second-order valence-corrected chi connectivity index (χ2v) is 6.03. The van der Waals surface area contributed by atoms with Crippen molar-refractivity contribution in [2.45, 2.75) is 27.3 Å². The molecule has 1 aromatic heterocycles. The molecule has 0 radical (unpaired) electrons. The Morgan fingerprint density at radius 1 is 1.39 bits per heavy atom. The summed E-state index contributed by atoms with van der Waals surface area (Å²) in [6.07, 6.45) is 1.66. The number of nitrogens with one attached hydrogen (secondary N) is 1. The highest BCUT2D eigenvalue weighted by atomic mass is 79.9. The Kier molecular flexibility index (Phi) is 5.98. The van der Waals surface area contributed by atoms with Gasteiger partial charge in [-0.05, 0) is 45.0 Å². The largest absolute Gasteiger partial charge is 0.484 e. The summed E-state index contributed by atoms with van der Waals surface area (Å²) in [5.41, 5.74) is 5.78. The first-order chi connectivity index (χ1) is 11.0. The van der Waals surface area contributed by atoms with E-state index in [0.717, 1.165) is 22.3 Å². The lowest BCUT2D eigenvalue weighted by Gasteiger charge is -2.05. The topological polar surface area (TPSA) is 55.6 Å². The third-order valence-electron chi connectivity index (χ3n) is 3.49. The van der Waals surface area contributed by atoms with Crippen molar-refractivity contribution in [1.82, 2.24) is 9.99 Å². The number of hydrogen-bond acceptors (Lipinski definition) is 3. The minimum absolute atomic E-state index is 0.0816. The summed E-state index contributed by atoms with van der Waals surface area (Å²) in [5, 5.41) is 3.99. The minimum Gasteiger partial charge on any atom is -0.484 e. The molecule has 23 heavy (non-hydrogen) atoms. The molecular weight excluding hydrogens is 358 g/mol. The molecule has 2 rings (SSSR count). The Bertz CT molecular complexity index is 723. The smallest absolute Gasteiger partial charge is 0.277 e. The molecule has 5 nitrogen and oxygen atoms in total. The minimum atomic E-state index is -0.300. The molecule has 1 amide bonds. The lowest BCUT2D eigenvalue weighted by atomic mass is 10.3. The number of halogens is 1.